The van der Waals surface area contributed by atoms with Crippen LogP contribution in [-0.4, -0.2) is 32.6 Å². The van der Waals surface area contributed by atoms with Crippen LogP contribution in [0.3, 0.4) is 0 Å². The van der Waals surface area contributed by atoms with Crippen molar-refractivity contribution in [2.45, 2.75) is 10.1 Å². The average Bonchev–Trinajstić information content (AvgIpc) is 2.97. The third kappa shape index (κ3) is 7.69. The number of amides is 2. The van der Waals surface area contributed by atoms with Gasteiger partial charge in [0.05, 0.1) is 24.9 Å². The van der Waals surface area contributed by atoms with Gasteiger partial charge in [-0.25, -0.2) is 0 Å². The van der Waals surface area contributed by atoms with Gasteiger partial charge in [0.2, 0.25) is 5.91 Å². The SMILES string of the molecule is COc1cc(OC)c(NC(=O)C(Sc2ccc(NC(=O)COc3ccccc3)cc2)c2ccccc2)cc1Cl. The minimum Gasteiger partial charge on any atom is -0.495 e. The quantitative estimate of drug-likeness (QED) is 0.194. The monoisotopic (exact) mass is 562 g/mol. The lowest BCUT2D eigenvalue weighted by molar-refractivity contribution is -0.118. The van der Waals surface area contributed by atoms with Crippen molar-refractivity contribution in [1.29, 1.82) is 0 Å². The van der Waals surface area contributed by atoms with Crippen LogP contribution >= 0.6 is 23.4 Å². The number of hydrogen-bond acceptors (Lipinski definition) is 6. The van der Waals surface area contributed by atoms with Crippen molar-refractivity contribution in [3.05, 3.63) is 108 Å². The summed E-state index contributed by atoms with van der Waals surface area (Å²) >= 11 is 7.68. The molecule has 0 aliphatic rings. The molecule has 2 amide bonds. The Hall–Kier alpha value is -4.14. The van der Waals surface area contributed by atoms with Crippen LogP contribution in [0.15, 0.2) is 102 Å². The summed E-state index contributed by atoms with van der Waals surface area (Å²) in [6.45, 7) is -0.102. The zero-order valence-corrected chi connectivity index (χ0v) is 22.9. The molecule has 0 fully saturated rings. The summed E-state index contributed by atoms with van der Waals surface area (Å²) in [5.41, 5.74) is 1.89. The van der Waals surface area contributed by atoms with Crippen LogP contribution in [0.2, 0.25) is 5.02 Å². The van der Waals surface area contributed by atoms with E-state index >= 15 is 0 Å². The lowest BCUT2D eigenvalue weighted by atomic mass is 10.1. The number of methoxy groups -OCH3 is 2. The van der Waals surface area contributed by atoms with E-state index in [1.165, 1.54) is 26.0 Å². The molecule has 7 nitrogen and oxygen atoms in total. The number of benzene rings is 4. The van der Waals surface area contributed by atoms with Gasteiger partial charge in [-0.05, 0) is 48.0 Å². The fraction of sp³-hybridized carbons (Fsp3) is 0.133. The zero-order valence-electron chi connectivity index (χ0n) is 21.3. The van der Waals surface area contributed by atoms with Crippen molar-refractivity contribution in [3.8, 4) is 17.2 Å². The largest absolute Gasteiger partial charge is 0.495 e. The maximum Gasteiger partial charge on any atom is 0.262 e. The van der Waals surface area contributed by atoms with Crippen LogP contribution < -0.4 is 24.8 Å². The predicted octanol–water partition coefficient (Wildman–Crippen LogP) is 6.85. The topological polar surface area (TPSA) is 85.9 Å². The minimum atomic E-state index is -0.573. The van der Waals surface area contributed by atoms with Gasteiger partial charge in [0.15, 0.2) is 6.61 Å². The average molecular weight is 563 g/mol. The highest BCUT2D eigenvalue weighted by molar-refractivity contribution is 8.00. The fourth-order valence-corrected chi connectivity index (χ4v) is 4.94. The molecule has 0 aliphatic heterocycles. The van der Waals surface area contributed by atoms with E-state index in [0.29, 0.717) is 33.6 Å². The van der Waals surface area contributed by atoms with E-state index in [0.717, 1.165) is 10.5 Å². The fourth-order valence-electron chi connectivity index (χ4n) is 3.67. The van der Waals surface area contributed by atoms with Crippen LogP contribution in [0.1, 0.15) is 10.8 Å². The van der Waals surface area contributed by atoms with Crippen molar-refractivity contribution in [2.75, 3.05) is 31.5 Å². The molecule has 0 saturated carbocycles. The third-order valence-corrected chi connectivity index (χ3v) is 7.14. The van der Waals surface area contributed by atoms with Gasteiger partial charge in [-0.1, -0.05) is 60.1 Å². The maximum absolute atomic E-state index is 13.5. The van der Waals surface area contributed by atoms with Crippen LogP contribution in [0, 0.1) is 0 Å². The number of carbonyl (C=O) groups excluding carboxylic acids is 2. The Morgan fingerprint density at radius 2 is 1.46 bits per heavy atom. The second kappa shape index (κ2) is 13.6. The maximum atomic E-state index is 13.5. The molecular weight excluding hydrogens is 536 g/mol. The molecule has 9 heteroatoms. The molecule has 4 aromatic rings. The summed E-state index contributed by atoms with van der Waals surface area (Å²) in [6, 6.07) is 29.1. The van der Waals surface area contributed by atoms with Gasteiger partial charge in [0, 0.05) is 16.6 Å². The number of thioether (sulfide) groups is 1. The van der Waals surface area contributed by atoms with E-state index in [2.05, 4.69) is 10.6 Å². The molecule has 0 aliphatic carbocycles. The van der Waals surface area contributed by atoms with E-state index in [1.807, 2.05) is 60.7 Å². The van der Waals surface area contributed by atoms with Crippen molar-refractivity contribution in [3.63, 3.8) is 0 Å². The summed E-state index contributed by atoms with van der Waals surface area (Å²) in [4.78, 5) is 26.7. The Bertz CT molecular complexity index is 1400. The Morgan fingerprint density at radius 3 is 2.10 bits per heavy atom. The van der Waals surface area contributed by atoms with Crippen LogP contribution in [0.5, 0.6) is 17.2 Å². The molecule has 0 bridgehead atoms. The number of rotatable bonds is 11. The molecule has 0 radical (unpaired) electrons. The zero-order chi connectivity index (χ0) is 27.6. The highest BCUT2D eigenvalue weighted by Crippen LogP contribution is 2.40. The summed E-state index contributed by atoms with van der Waals surface area (Å²) in [6.07, 6.45) is 0. The van der Waals surface area contributed by atoms with E-state index in [-0.39, 0.29) is 18.4 Å². The predicted molar refractivity (Wildman–Crippen MR) is 155 cm³/mol. The first-order valence-electron chi connectivity index (χ1n) is 12.0. The minimum absolute atomic E-state index is 0.102. The number of ether oxygens (including phenoxy) is 3. The van der Waals surface area contributed by atoms with Crippen molar-refractivity contribution < 1.29 is 23.8 Å². The highest BCUT2D eigenvalue weighted by Gasteiger charge is 2.24. The molecule has 4 aromatic carbocycles. The summed E-state index contributed by atoms with van der Waals surface area (Å²) in [5.74, 6) is 0.977. The first-order chi connectivity index (χ1) is 19.0. The standard InChI is InChI=1S/C30H27ClN2O5S/c1-36-26-18-27(37-2)25(17-24(26)31)33-30(35)29(20-9-5-3-6-10-20)39-23-15-13-21(14-16-23)32-28(34)19-38-22-11-7-4-8-12-22/h3-18,29H,19H2,1-2H3,(H,32,34)(H,33,35). The smallest absolute Gasteiger partial charge is 0.262 e. The van der Waals surface area contributed by atoms with Gasteiger partial charge in [0.1, 0.15) is 22.5 Å². The second-order valence-electron chi connectivity index (χ2n) is 8.26. The first-order valence-corrected chi connectivity index (χ1v) is 13.2. The lowest BCUT2D eigenvalue weighted by Crippen LogP contribution is -2.20. The molecule has 2 N–H and O–H groups in total. The normalized spacial score (nSPS) is 11.3. The van der Waals surface area contributed by atoms with Crippen LogP contribution in [0.25, 0.3) is 0 Å². The van der Waals surface area contributed by atoms with Crippen molar-refractivity contribution in [2.24, 2.45) is 0 Å². The molecule has 0 spiro atoms. The van der Waals surface area contributed by atoms with E-state index in [1.54, 1.807) is 36.4 Å². The van der Waals surface area contributed by atoms with Gasteiger partial charge in [-0.15, -0.1) is 11.8 Å². The Kier molecular flexibility index (Phi) is 9.72. The molecule has 1 unspecified atom stereocenters. The van der Waals surface area contributed by atoms with Gasteiger partial charge < -0.3 is 24.8 Å². The summed E-state index contributed by atoms with van der Waals surface area (Å²) in [7, 11) is 3.02. The van der Waals surface area contributed by atoms with Gasteiger partial charge in [-0.3, -0.25) is 9.59 Å². The highest BCUT2D eigenvalue weighted by atomic mass is 35.5. The Labute approximate surface area is 236 Å². The molecule has 0 aromatic heterocycles. The molecule has 39 heavy (non-hydrogen) atoms. The second-order valence-corrected chi connectivity index (χ2v) is 9.84. The molecule has 1 atom stereocenters. The van der Waals surface area contributed by atoms with E-state index in [4.69, 9.17) is 25.8 Å². The molecule has 200 valence electrons. The van der Waals surface area contributed by atoms with Crippen LogP contribution in [0.4, 0.5) is 11.4 Å². The molecule has 0 heterocycles. The number of halogens is 1. The van der Waals surface area contributed by atoms with Gasteiger partial charge in [0.25, 0.3) is 5.91 Å². The van der Waals surface area contributed by atoms with E-state index < -0.39 is 5.25 Å². The first kappa shape index (κ1) is 27.9. The number of para-hydroxylation sites is 1. The summed E-state index contributed by atoms with van der Waals surface area (Å²) in [5, 5.41) is 5.54. The molecular formula is C30H27ClN2O5S. The van der Waals surface area contributed by atoms with E-state index in [9.17, 15) is 9.59 Å². The van der Waals surface area contributed by atoms with Crippen molar-refractivity contribution in [1.82, 2.24) is 0 Å². The lowest BCUT2D eigenvalue weighted by Gasteiger charge is -2.19. The number of carbonyl (C=O) groups is 2. The summed E-state index contributed by atoms with van der Waals surface area (Å²) < 4.78 is 16.2. The molecule has 4 rings (SSSR count). The number of anilines is 2. The third-order valence-electron chi connectivity index (χ3n) is 5.58. The molecule has 0 saturated heterocycles. The Morgan fingerprint density at radius 1 is 0.821 bits per heavy atom. The number of hydrogen-bond donors (Lipinski definition) is 2. The van der Waals surface area contributed by atoms with Gasteiger partial charge in [-0.2, -0.15) is 0 Å². The Balaban J connectivity index is 1.45. The van der Waals surface area contributed by atoms with Crippen LogP contribution in [-0.2, 0) is 9.59 Å². The number of nitrogens with one attached hydrogen (secondary N) is 2. The van der Waals surface area contributed by atoms with Crippen molar-refractivity contribution >= 4 is 46.6 Å². The van der Waals surface area contributed by atoms with Gasteiger partial charge >= 0.3 is 0 Å².